The molecule has 0 fully saturated rings. The molecule has 236 valence electrons. The zero-order chi connectivity index (χ0) is 32.8. The van der Waals surface area contributed by atoms with Gasteiger partial charge in [-0.1, -0.05) is 118 Å². The van der Waals surface area contributed by atoms with Crippen molar-refractivity contribution in [3.63, 3.8) is 0 Å². The summed E-state index contributed by atoms with van der Waals surface area (Å²) in [5.74, 6) is 0.232. The van der Waals surface area contributed by atoms with Crippen LogP contribution in [0.25, 0.3) is 12.2 Å². The van der Waals surface area contributed by atoms with Crippen LogP contribution in [0.3, 0.4) is 0 Å². The number of para-hydroxylation sites is 3. The Morgan fingerprint density at radius 3 is 2.11 bits per heavy atom. The second-order valence-corrected chi connectivity index (χ2v) is 11.7. The third-order valence-electron chi connectivity index (χ3n) is 8.91. The Hall–Kier alpha value is -5.28. The molecule has 0 saturated carbocycles. The Morgan fingerprint density at radius 2 is 1.40 bits per heavy atom. The van der Waals surface area contributed by atoms with Crippen molar-refractivity contribution in [1.82, 2.24) is 0 Å². The van der Waals surface area contributed by atoms with Crippen LogP contribution in [-0.4, -0.2) is 7.05 Å². The number of hydrogen-bond donors (Lipinski definition) is 1. The van der Waals surface area contributed by atoms with Gasteiger partial charge in [-0.05, 0) is 96.1 Å². The summed E-state index contributed by atoms with van der Waals surface area (Å²) in [7, 11) is 2.04. The topological polar surface area (TPSA) is 18.5 Å². The van der Waals surface area contributed by atoms with E-state index in [1.54, 1.807) is 0 Å². The van der Waals surface area contributed by atoms with Crippen molar-refractivity contribution in [3.8, 4) is 0 Å². The largest absolute Gasteiger partial charge is 0.388 e. The summed E-state index contributed by atoms with van der Waals surface area (Å²) in [4.78, 5) is 4.81. The molecular weight excluding hydrogens is 571 g/mol. The Kier molecular flexibility index (Phi) is 9.73. The lowest BCUT2D eigenvalue weighted by Gasteiger charge is -2.32. The van der Waals surface area contributed by atoms with E-state index < -0.39 is 0 Å². The molecule has 1 unspecified atom stereocenters. The lowest BCUT2D eigenvalue weighted by molar-refractivity contribution is 0.833. The molecule has 3 heteroatoms. The van der Waals surface area contributed by atoms with Gasteiger partial charge in [0.1, 0.15) is 0 Å². The van der Waals surface area contributed by atoms with E-state index in [-0.39, 0.29) is 5.92 Å². The van der Waals surface area contributed by atoms with Crippen LogP contribution >= 0.6 is 0 Å². The second kappa shape index (κ2) is 14.4. The standard InChI is InChI=1S/C42H39N3.C2H6/c1-4-5-19-39-30(2)21-22-34-28-37(38(43-3)29-42(34)44(39)35-15-8-6-9-16-35)32-25-26-41-33(27-32)24-23-31-14-12-13-20-40(31)45(41)36-17-10-7-11-18-36;1-2/h5-24,26-29,32,43H,4,25H2,1-3H3;1-2H3/b19-5-;. The highest BCUT2D eigenvalue weighted by molar-refractivity contribution is 5.86. The third-order valence-corrected chi connectivity index (χ3v) is 8.91. The van der Waals surface area contributed by atoms with Gasteiger partial charge in [0, 0.05) is 41.4 Å². The van der Waals surface area contributed by atoms with Crippen LogP contribution < -0.4 is 15.1 Å². The number of nitrogens with zero attached hydrogens (tertiary/aromatic N) is 2. The van der Waals surface area contributed by atoms with Gasteiger partial charge in [-0.15, -0.1) is 0 Å². The molecule has 7 rings (SSSR count). The predicted octanol–water partition coefficient (Wildman–Crippen LogP) is 12.3. The van der Waals surface area contributed by atoms with Crippen molar-refractivity contribution in [2.45, 2.75) is 46.5 Å². The van der Waals surface area contributed by atoms with E-state index in [1.165, 1.54) is 56.3 Å². The maximum atomic E-state index is 3.57. The zero-order valence-electron chi connectivity index (χ0n) is 28.2. The first-order valence-corrected chi connectivity index (χ1v) is 17.0. The van der Waals surface area contributed by atoms with Gasteiger partial charge in [0.2, 0.25) is 0 Å². The fraction of sp³-hybridized carbons (Fsp3) is 0.182. The summed E-state index contributed by atoms with van der Waals surface area (Å²) >= 11 is 0. The maximum Gasteiger partial charge on any atom is 0.0554 e. The highest BCUT2D eigenvalue weighted by Crippen LogP contribution is 2.46. The van der Waals surface area contributed by atoms with Crippen molar-refractivity contribution >= 4 is 40.6 Å². The van der Waals surface area contributed by atoms with E-state index in [4.69, 9.17) is 0 Å². The van der Waals surface area contributed by atoms with E-state index in [9.17, 15) is 0 Å². The van der Waals surface area contributed by atoms with Gasteiger partial charge in [0.25, 0.3) is 0 Å². The molecule has 0 aromatic heterocycles. The summed E-state index contributed by atoms with van der Waals surface area (Å²) in [5.41, 5.74) is 14.5. The molecule has 0 radical (unpaired) electrons. The Labute approximate surface area is 281 Å². The summed E-state index contributed by atoms with van der Waals surface area (Å²) in [6.07, 6.45) is 20.4. The first-order chi connectivity index (χ1) is 23.2. The van der Waals surface area contributed by atoms with Gasteiger partial charge >= 0.3 is 0 Å². The minimum Gasteiger partial charge on any atom is -0.388 e. The summed E-state index contributed by atoms with van der Waals surface area (Å²) < 4.78 is 0. The molecule has 1 atom stereocenters. The van der Waals surface area contributed by atoms with Crippen molar-refractivity contribution in [2.75, 3.05) is 22.2 Å². The van der Waals surface area contributed by atoms with Gasteiger partial charge in [0.05, 0.1) is 11.4 Å². The number of fused-ring (bicyclic) bond motifs is 3. The van der Waals surface area contributed by atoms with Crippen LogP contribution in [0, 0.1) is 0 Å². The smallest absolute Gasteiger partial charge is 0.0554 e. The number of allylic oxidation sites excluding steroid dienone is 7. The molecule has 0 spiro atoms. The van der Waals surface area contributed by atoms with Crippen molar-refractivity contribution in [1.29, 1.82) is 0 Å². The molecule has 0 saturated heterocycles. The Morgan fingerprint density at radius 1 is 0.745 bits per heavy atom. The van der Waals surface area contributed by atoms with Gasteiger partial charge in [-0.3, -0.25) is 0 Å². The molecule has 4 aromatic rings. The van der Waals surface area contributed by atoms with Crippen LogP contribution in [0.4, 0.5) is 28.4 Å². The molecule has 2 aliphatic heterocycles. The van der Waals surface area contributed by atoms with Crippen LogP contribution in [0.2, 0.25) is 0 Å². The maximum absolute atomic E-state index is 3.57. The molecule has 4 aromatic carbocycles. The van der Waals surface area contributed by atoms with Crippen molar-refractivity contribution < 1.29 is 0 Å². The van der Waals surface area contributed by atoms with Gasteiger partial charge in [-0.25, -0.2) is 0 Å². The minimum atomic E-state index is 0.232. The molecule has 47 heavy (non-hydrogen) atoms. The average Bonchev–Trinajstić information content (AvgIpc) is 3.38. The normalized spacial score (nSPS) is 16.7. The number of rotatable bonds is 6. The predicted molar refractivity (Wildman–Crippen MR) is 205 cm³/mol. The molecule has 1 aliphatic carbocycles. The fourth-order valence-corrected chi connectivity index (χ4v) is 6.67. The van der Waals surface area contributed by atoms with Crippen LogP contribution in [0.1, 0.15) is 63.1 Å². The Balaban J connectivity index is 0.00000190. The van der Waals surface area contributed by atoms with Crippen LogP contribution in [-0.2, 0) is 0 Å². The van der Waals surface area contributed by atoms with E-state index in [0.29, 0.717) is 0 Å². The molecular formula is C44H45N3. The first-order valence-electron chi connectivity index (χ1n) is 17.0. The summed E-state index contributed by atoms with van der Waals surface area (Å²) in [5, 5.41) is 3.57. The molecule has 3 nitrogen and oxygen atoms in total. The SMILES string of the molecule is CC.CC/C=C\C1=C(C)C=Cc2cc(C3C=C4C=Cc5ccccc5N(c5ccccc5)C4=CC3)c(NC)cc2N1c1ccccc1. The monoisotopic (exact) mass is 615 g/mol. The number of nitrogens with one attached hydrogen (secondary N) is 1. The number of hydrogen-bond acceptors (Lipinski definition) is 3. The van der Waals surface area contributed by atoms with Crippen LogP contribution in [0.15, 0.2) is 156 Å². The molecule has 0 amide bonds. The highest BCUT2D eigenvalue weighted by Gasteiger charge is 2.28. The van der Waals surface area contributed by atoms with E-state index in [1.807, 2.05) is 20.9 Å². The summed E-state index contributed by atoms with van der Waals surface area (Å²) in [6, 6.07) is 34.8. The Bertz CT molecular complexity index is 1900. The minimum absolute atomic E-state index is 0.232. The second-order valence-electron chi connectivity index (χ2n) is 11.7. The number of anilines is 5. The van der Waals surface area contributed by atoms with E-state index >= 15 is 0 Å². The van der Waals surface area contributed by atoms with Gasteiger partial charge in [-0.2, -0.15) is 0 Å². The lowest BCUT2D eigenvalue weighted by Crippen LogP contribution is -2.20. The van der Waals surface area contributed by atoms with Crippen molar-refractivity contribution in [2.24, 2.45) is 0 Å². The average molecular weight is 616 g/mol. The molecule has 2 heterocycles. The number of benzene rings is 4. The molecule has 0 bridgehead atoms. The lowest BCUT2D eigenvalue weighted by atomic mass is 9.85. The van der Waals surface area contributed by atoms with Crippen LogP contribution in [0.5, 0.6) is 0 Å². The van der Waals surface area contributed by atoms with Gasteiger partial charge < -0.3 is 15.1 Å². The van der Waals surface area contributed by atoms with E-state index in [0.717, 1.165) is 24.2 Å². The van der Waals surface area contributed by atoms with Gasteiger partial charge in [0.15, 0.2) is 0 Å². The quantitative estimate of drug-likeness (QED) is 0.233. The van der Waals surface area contributed by atoms with Crippen molar-refractivity contribution in [3.05, 3.63) is 173 Å². The zero-order valence-corrected chi connectivity index (χ0v) is 28.2. The first kappa shape index (κ1) is 31.7. The van der Waals surface area contributed by atoms with E-state index in [2.05, 4.69) is 175 Å². The highest BCUT2D eigenvalue weighted by atomic mass is 15.2. The fourth-order valence-electron chi connectivity index (χ4n) is 6.67. The molecule has 1 N–H and O–H groups in total. The third kappa shape index (κ3) is 6.26. The summed E-state index contributed by atoms with van der Waals surface area (Å²) in [6.45, 7) is 8.39. The molecule has 3 aliphatic rings.